The zero-order valence-electron chi connectivity index (χ0n) is 16.4. The summed E-state index contributed by atoms with van der Waals surface area (Å²) in [6.07, 6.45) is 0. The number of ether oxygens (including phenoxy) is 2. The summed E-state index contributed by atoms with van der Waals surface area (Å²) in [4.78, 5) is 36.5. The molecule has 6 heteroatoms. The third kappa shape index (κ3) is 5.32. The van der Waals surface area contributed by atoms with E-state index in [2.05, 4.69) is 10.1 Å². The SMILES string of the molecule is COC(=O)c1ccc(NC(=O)COC(=O)C(c2ccccc2)c2ccccc2)cc1. The van der Waals surface area contributed by atoms with Gasteiger partial charge in [-0.05, 0) is 35.4 Å². The van der Waals surface area contributed by atoms with Crippen molar-refractivity contribution in [1.29, 1.82) is 0 Å². The van der Waals surface area contributed by atoms with Crippen molar-refractivity contribution in [1.82, 2.24) is 0 Å². The van der Waals surface area contributed by atoms with Gasteiger partial charge in [-0.15, -0.1) is 0 Å². The van der Waals surface area contributed by atoms with E-state index < -0.39 is 30.4 Å². The van der Waals surface area contributed by atoms with Crippen molar-refractivity contribution in [3.63, 3.8) is 0 Å². The molecular weight excluding hydrogens is 382 g/mol. The first kappa shape index (κ1) is 20.8. The molecule has 0 saturated heterocycles. The van der Waals surface area contributed by atoms with Gasteiger partial charge in [-0.3, -0.25) is 9.59 Å². The Hall–Kier alpha value is -3.93. The molecular formula is C24H21NO5. The Labute approximate surface area is 174 Å². The second-order valence-electron chi connectivity index (χ2n) is 6.48. The first-order chi connectivity index (χ1) is 14.6. The fourth-order valence-corrected chi connectivity index (χ4v) is 2.98. The molecule has 0 aromatic heterocycles. The van der Waals surface area contributed by atoms with Crippen LogP contribution >= 0.6 is 0 Å². The van der Waals surface area contributed by atoms with Crippen molar-refractivity contribution in [3.05, 3.63) is 102 Å². The smallest absolute Gasteiger partial charge is 0.337 e. The highest BCUT2D eigenvalue weighted by molar-refractivity contribution is 5.95. The minimum absolute atomic E-state index is 0.371. The van der Waals surface area contributed by atoms with Crippen molar-refractivity contribution in [2.75, 3.05) is 19.0 Å². The fourth-order valence-electron chi connectivity index (χ4n) is 2.98. The van der Waals surface area contributed by atoms with Crippen LogP contribution in [-0.4, -0.2) is 31.6 Å². The third-order valence-electron chi connectivity index (χ3n) is 4.44. The van der Waals surface area contributed by atoms with Gasteiger partial charge in [0.1, 0.15) is 5.92 Å². The topological polar surface area (TPSA) is 81.7 Å². The zero-order chi connectivity index (χ0) is 21.3. The number of esters is 2. The number of rotatable bonds is 7. The third-order valence-corrected chi connectivity index (χ3v) is 4.44. The van der Waals surface area contributed by atoms with Crippen molar-refractivity contribution in [3.8, 4) is 0 Å². The number of hydrogen-bond acceptors (Lipinski definition) is 5. The molecule has 30 heavy (non-hydrogen) atoms. The van der Waals surface area contributed by atoms with Gasteiger partial charge in [-0.25, -0.2) is 4.79 Å². The van der Waals surface area contributed by atoms with Crippen molar-refractivity contribution < 1.29 is 23.9 Å². The second-order valence-corrected chi connectivity index (χ2v) is 6.48. The summed E-state index contributed by atoms with van der Waals surface area (Å²) in [5.41, 5.74) is 2.42. The lowest BCUT2D eigenvalue weighted by Crippen LogP contribution is -2.24. The average Bonchev–Trinajstić information content (AvgIpc) is 2.79. The average molecular weight is 403 g/mol. The molecule has 0 bridgehead atoms. The molecule has 0 aliphatic carbocycles. The lowest BCUT2D eigenvalue weighted by atomic mass is 9.91. The van der Waals surface area contributed by atoms with E-state index in [4.69, 9.17) is 4.74 Å². The van der Waals surface area contributed by atoms with Gasteiger partial charge < -0.3 is 14.8 Å². The molecule has 1 amide bonds. The van der Waals surface area contributed by atoms with E-state index in [1.807, 2.05) is 60.7 Å². The maximum absolute atomic E-state index is 12.8. The first-order valence-electron chi connectivity index (χ1n) is 9.33. The Kier molecular flexibility index (Phi) is 6.95. The van der Waals surface area contributed by atoms with Crippen LogP contribution in [0.25, 0.3) is 0 Å². The van der Waals surface area contributed by atoms with Crippen LogP contribution in [0.15, 0.2) is 84.9 Å². The number of methoxy groups -OCH3 is 1. The van der Waals surface area contributed by atoms with Gasteiger partial charge in [0.25, 0.3) is 5.91 Å². The van der Waals surface area contributed by atoms with E-state index in [1.54, 1.807) is 12.1 Å². The highest BCUT2D eigenvalue weighted by Gasteiger charge is 2.24. The Balaban J connectivity index is 1.64. The molecule has 1 N–H and O–H groups in total. The molecule has 0 fully saturated rings. The maximum Gasteiger partial charge on any atom is 0.337 e. The van der Waals surface area contributed by atoms with E-state index in [1.165, 1.54) is 19.2 Å². The van der Waals surface area contributed by atoms with E-state index in [-0.39, 0.29) is 0 Å². The molecule has 0 radical (unpaired) electrons. The molecule has 0 spiro atoms. The monoisotopic (exact) mass is 403 g/mol. The highest BCUT2D eigenvalue weighted by Crippen LogP contribution is 2.26. The number of benzene rings is 3. The number of hydrogen-bond donors (Lipinski definition) is 1. The normalized spacial score (nSPS) is 10.3. The van der Waals surface area contributed by atoms with Gasteiger partial charge in [0.05, 0.1) is 12.7 Å². The second kappa shape index (κ2) is 10.0. The van der Waals surface area contributed by atoms with Crippen LogP contribution in [0.4, 0.5) is 5.69 Å². The fraction of sp³-hybridized carbons (Fsp3) is 0.125. The summed E-state index contributed by atoms with van der Waals surface area (Å²) in [7, 11) is 1.30. The van der Waals surface area contributed by atoms with Crippen LogP contribution in [0.2, 0.25) is 0 Å². The Morgan fingerprint density at radius 2 is 1.33 bits per heavy atom. The summed E-state index contributed by atoms with van der Waals surface area (Å²) < 4.78 is 9.93. The summed E-state index contributed by atoms with van der Waals surface area (Å²) in [5.74, 6) is -2.08. The Bertz CT molecular complexity index is 961. The van der Waals surface area contributed by atoms with Gasteiger partial charge in [0, 0.05) is 5.69 Å². The molecule has 0 heterocycles. The molecule has 3 aromatic rings. The molecule has 6 nitrogen and oxygen atoms in total. The summed E-state index contributed by atoms with van der Waals surface area (Å²) in [5, 5.41) is 2.63. The Morgan fingerprint density at radius 1 is 0.800 bits per heavy atom. The lowest BCUT2D eigenvalue weighted by Gasteiger charge is -2.17. The van der Waals surface area contributed by atoms with Gasteiger partial charge in [-0.1, -0.05) is 60.7 Å². The number of anilines is 1. The summed E-state index contributed by atoms with van der Waals surface area (Å²) >= 11 is 0. The van der Waals surface area contributed by atoms with Crippen LogP contribution in [0, 0.1) is 0 Å². The number of carbonyl (C=O) groups excluding carboxylic acids is 3. The largest absolute Gasteiger partial charge is 0.465 e. The van der Waals surface area contributed by atoms with Gasteiger partial charge in [0.2, 0.25) is 0 Å². The molecule has 0 aliphatic rings. The van der Waals surface area contributed by atoms with Crippen LogP contribution in [0.1, 0.15) is 27.4 Å². The lowest BCUT2D eigenvalue weighted by molar-refractivity contribution is -0.147. The number of amides is 1. The van der Waals surface area contributed by atoms with Gasteiger partial charge >= 0.3 is 11.9 Å². The van der Waals surface area contributed by atoms with Crippen molar-refractivity contribution >= 4 is 23.5 Å². The van der Waals surface area contributed by atoms with Crippen molar-refractivity contribution in [2.45, 2.75) is 5.92 Å². The number of nitrogens with one attached hydrogen (secondary N) is 1. The van der Waals surface area contributed by atoms with Crippen LogP contribution in [0.3, 0.4) is 0 Å². The van der Waals surface area contributed by atoms with Crippen LogP contribution < -0.4 is 5.32 Å². The molecule has 0 atom stereocenters. The van der Waals surface area contributed by atoms with E-state index >= 15 is 0 Å². The standard InChI is InChI=1S/C24H21NO5/c1-29-23(27)19-12-14-20(15-13-19)25-21(26)16-30-24(28)22(17-8-4-2-5-9-17)18-10-6-3-7-11-18/h2-15,22H,16H2,1H3,(H,25,26). The molecule has 0 saturated carbocycles. The van der Waals surface area contributed by atoms with Gasteiger partial charge in [0.15, 0.2) is 6.61 Å². The minimum Gasteiger partial charge on any atom is -0.465 e. The molecule has 3 aromatic carbocycles. The minimum atomic E-state index is -0.625. The number of carbonyl (C=O) groups is 3. The van der Waals surface area contributed by atoms with E-state index in [0.717, 1.165) is 11.1 Å². The highest BCUT2D eigenvalue weighted by atomic mass is 16.5. The zero-order valence-corrected chi connectivity index (χ0v) is 16.4. The molecule has 0 aliphatic heterocycles. The first-order valence-corrected chi connectivity index (χ1v) is 9.33. The molecule has 3 rings (SSSR count). The van der Waals surface area contributed by atoms with Crippen LogP contribution in [-0.2, 0) is 19.1 Å². The van der Waals surface area contributed by atoms with Crippen molar-refractivity contribution in [2.24, 2.45) is 0 Å². The maximum atomic E-state index is 12.8. The summed E-state index contributed by atoms with van der Waals surface area (Å²) in [6.45, 7) is -0.423. The molecule has 0 unspecified atom stereocenters. The van der Waals surface area contributed by atoms with E-state index in [9.17, 15) is 14.4 Å². The Morgan fingerprint density at radius 3 is 1.83 bits per heavy atom. The quantitative estimate of drug-likeness (QED) is 0.607. The molecule has 152 valence electrons. The predicted octanol–water partition coefficient (Wildman–Crippen LogP) is 3.79. The summed E-state index contributed by atoms with van der Waals surface area (Å²) in [6, 6.07) is 24.8. The van der Waals surface area contributed by atoms with E-state index in [0.29, 0.717) is 11.3 Å². The predicted molar refractivity (Wildman–Crippen MR) is 112 cm³/mol. The van der Waals surface area contributed by atoms with Gasteiger partial charge in [-0.2, -0.15) is 0 Å². The van der Waals surface area contributed by atoms with Crippen LogP contribution in [0.5, 0.6) is 0 Å².